The van der Waals surface area contributed by atoms with Gasteiger partial charge in [0.1, 0.15) is 12.2 Å². The Balaban J connectivity index is 1.23. The number of ether oxygens (including phenoxy) is 2. The van der Waals surface area contributed by atoms with Crippen LogP contribution in [0.1, 0.15) is 219 Å². The van der Waals surface area contributed by atoms with E-state index in [1.807, 2.05) is 0 Å². The molecule has 2 aromatic heterocycles. The van der Waals surface area contributed by atoms with Gasteiger partial charge in [-0.1, -0.05) is 168 Å². The molecule has 0 aliphatic carbocycles. The highest BCUT2D eigenvalue weighted by Gasteiger charge is 2.54. The van der Waals surface area contributed by atoms with Crippen LogP contribution < -0.4 is 34.0 Å². The highest BCUT2D eigenvalue weighted by molar-refractivity contribution is 7.33. The largest absolute Gasteiger partial charge is 0.388 e. The summed E-state index contributed by atoms with van der Waals surface area (Å²) in [7, 11) is -3.36. The first-order valence-electron chi connectivity index (χ1n) is 31.4. The lowest BCUT2D eigenvalue weighted by molar-refractivity contribution is -0.354. The van der Waals surface area contributed by atoms with E-state index in [1.165, 1.54) is 102 Å². The van der Waals surface area contributed by atoms with Crippen molar-refractivity contribution < 1.29 is 53.6 Å². The molecule has 6 heterocycles. The Kier molecular flexibility index (Phi) is 29.6. The van der Waals surface area contributed by atoms with Crippen molar-refractivity contribution in [1.29, 1.82) is 0 Å². The molecule has 10 N–H and O–H groups in total. The van der Waals surface area contributed by atoms with Crippen LogP contribution in [0.3, 0.4) is 0 Å². The topological polar surface area (TPSA) is 322 Å². The summed E-state index contributed by atoms with van der Waals surface area (Å²) in [5.41, 5.74) is 8.44. The second-order valence-electron chi connectivity index (χ2n) is 24.2. The van der Waals surface area contributed by atoms with E-state index in [0.29, 0.717) is 51.9 Å². The molecule has 5 unspecified atom stereocenters. The molecule has 0 saturated carbocycles. The van der Waals surface area contributed by atoms with E-state index in [9.17, 15) is 44.5 Å². The van der Waals surface area contributed by atoms with Gasteiger partial charge in [-0.15, -0.1) is 0 Å². The maximum Gasteiger partial charge on any atom is 0.330 e. The van der Waals surface area contributed by atoms with Gasteiger partial charge in [0.2, 0.25) is 0 Å². The fourth-order valence-corrected chi connectivity index (χ4v) is 14.0. The zero-order valence-corrected chi connectivity index (χ0v) is 50.3. The quantitative estimate of drug-likeness (QED) is 0.0140. The molecule has 13 atom stereocenters. The van der Waals surface area contributed by atoms with Gasteiger partial charge in [-0.2, -0.15) is 0 Å². The standard InChI is InChI=1S/C58H103N8O15P/c1-3-5-7-9-11-13-15-17-19-21-23-25-31-57(63-33-27-43(59)39-63,37-45-49(69)50(70)53(78-45)65-35-29-47(67)61-55(65)71)41-76-82(75)77-42-58(64-34-28-44(60)40-64,32-26-24-22-20-18-16-14-12-10-8-6-4-2)38-46-51(80-73)52(81-74)54(79-46)66-36-30-48(68)62-56(66)72/h29-30,35-36,43-46,49-54,69-70,73-74,82H,3-28,31-34,37-42,59-60H2,1-2H3,(H,61,67,71)(H,62,68,72)/t43?,44?,45-,46-,49-,50-,51+,52-,53-,54-,57?,58?/m1/s1. The molecule has 4 fully saturated rings. The molecule has 470 valence electrons. The summed E-state index contributed by atoms with van der Waals surface area (Å²) >= 11 is 0. The van der Waals surface area contributed by atoms with Crippen LogP contribution in [0.5, 0.6) is 0 Å². The summed E-state index contributed by atoms with van der Waals surface area (Å²) in [5.74, 6) is 0. The Morgan fingerprint density at radius 2 is 0.939 bits per heavy atom. The van der Waals surface area contributed by atoms with Crippen molar-refractivity contribution in [3.63, 3.8) is 0 Å². The van der Waals surface area contributed by atoms with Gasteiger partial charge in [0.15, 0.2) is 24.7 Å². The third-order valence-electron chi connectivity index (χ3n) is 18.0. The van der Waals surface area contributed by atoms with Gasteiger partial charge < -0.3 is 40.2 Å². The fraction of sp³-hybridized carbons (Fsp3) is 0.862. The van der Waals surface area contributed by atoms with Crippen LogP contribution in [0.15, 0.2) is 43.7 Å². The Hall–Kier alpha value is -2.97. The van der Waals surface area contributed by atoms with Crippen molar-refractivity contribution in [3.8, 4) is 0 Å². The summed E-state index contributed by atoms with van der Waals surface area (Å²) in [6, 6.07) is 1.91. The monoisotopic (exact) mass is 1180 g/mol. The van der Waals surface area contributed by atoms with Gasteiger partial charge >= 0.3 is 19.6 Å². The number of aliphatic hydroxyl groups is 2. The zero-order chi connectivity index (χ0) is 58.9. The molecule has 0 spiro atoms. The van der Waals surface area contributed by atoms with Crippen molar-refractivity contribution in [2.24, 2.45) is 11.5 Å². The molecular weight excluding hydrogens is 1080 g/mol. The normalized spacial score (nSPS) is 27.1. The van der Waals surface area contributed by atoms with E-state index in [2.05, 4.69) is 33.6 Å². The Morgan fingerprint density at radius 3 is 1.32 bits per heavy atom. The maximum absolute atomic E-state index is 14.7. The highest BCUT2D eigenvalue weighted by atomic mass is 31.1. The average molecular weight is 1180 g/mol. The van der Waals surface area contributed by atoms with E-state index in [-0.39, 0.29) is 38.1 Å². The number of rotatable bonds is 42. The lowest BCUT2D eigenvalue weighted by Crippen LogP contribution is -2.55. The molecule has 6 rings (SSSR count). The van der Waals surface area contributed by atoms with E-state index in [1.54, 1.807) is 0 Å². The van der Waals surface area contributed by atoms with Gasteiger partial charge in [0.25, 0.3) is 11.1 Å². The van der Waals surface area contributed by atoms with Gasteiger partial charge in [-0.05, 0) is 38.5 Å². The number of unbranched alkanes of at least 4 members (excludes halogenated alkanes) is 22. The van der Waals surface area contributed by atoms with E-state index in [0.717, 1.165) is 85.5 Å². The SMILES string of the molecule is CCCCCCCCCCCCCCC(CO[PH](=O)OCC(CCCCCCCCCCCCCC)(C[C@H]1O[C@@H](n2ccc(=O)[nH]c2=O)[C@H](OO)[C@H]1OO)N1CCC(N)C1)(C[C@H]1O[C@@H](n2ccc(=O)[nH]c2=O)[C@H](O)[C@@H]1O)N1CCC(N)C1. The second kappa shape index (κ2) is 35.6. The minimum absolute atomic E-state index is 0.0833. The van der Waals surface area contributed by atoms with Crippen LogP contribution in [-0.2, 0) is 32.9 Å². The van der Waals surface area contributed by atoms with Gasteiger partial charge in [0, 0.05) is 73.9 Å². The first kappa shape index (κ1) is 68.1. The molecule has 2 aromatic rings. The maximum atomic E-state index is 14.7. The number of aromatic amines is 2. The summed E-state index contributed by atoms with van der Waals surface area (Å²) in [4.78, 5) is 68.8. The molecule has 82 heavy (non-hydrogen) atoms. The molecule has 24 heteroatoms. The second-order valence-corrected chi connectivity index (χ2v) is 25.3. The predicted octanol–water partition coefficient (Wildman–Crippen LogP) is 7.25. The van der Waals surface area contributed by atoms with Gasteiger partial charge in [0.05, 0.1) is 25.4 Å². The lowest BCUT2D eigenvalue weighted by atomic mass is 9.83. The summed E-state index contributed by atoms with van der Waals surface area (Å²) in [6.45, 7) is 6.29. The lowest BCUT2D eigenvalue weighted by Gasteiger charge is -2.45. The first-order chi connectivity index (χ1) is 39.7. The molecular formula is C58H103N8O15P. The van der Waals surface area contributed by atoms with Crippen molar-refractivity contribution in [2.45, 2.75) is 279 Å². The Bertz CT molecular complexity index is 2400. The number of hydrogen-bond acceptors (Lipinski definition) is 19. The molecule has 23 nitrogen and oxygen atoms in total. The minimum Gasteiger partial charge on any atom is -0.388 e. The van der Waals surface area contributed by atoms with Crippen LogP contribution in [0.25, 0.3) is 0 Å². The van der Waals surface area contributed by atoms with E-state index in [4.69, 9.17) is 39.8 Å². The molecule has 0 amide bonds. The number of likely N-dealkylation sites (tertiary alicyclic amines) is 2. The van der Waals surface area contributed by atoms with Crippen LogP contribution in [0.2, 0.25) is 0 Å². The van der Waals surface area contributed by atoms with Crippen molar-refractivity contribution in [2.75, 3.05) is 39.4 Å². The van der Waals surface area contributed by atoms with Crippen LogP contribution >= 0.6 is 8.25 Å². The molecule has 4 aliphatic heterocycles. The number of nitrogens with two attached hydrogens (primary N) is 2. The highest BCUT2D eigenvalue weighted by Crippen LogP contribution is 2.44. The number of aromatic nitrogens is 4. The van der Waals surface area contributed by atoms with Crippen LogP contribution in [-0.4, -0.2) is 149 Å². The predicted molar refractivity (Wildman–Crippen MR) is 313 cm³/mol. The third-order valence-corrected chi connectivity index (χ3v) is 18.7. The number of H-pyrrole nitrogens is 2. The minimum atomic E-state index is -3.36. The third kappa shape index (κ3) is 20.0. The van der Waals surface area contributed by atoms with E-state index < -0.39 is 90.9 Å². The summed E-state index contributed by atoms with van der Waals surface area (Å²) < 4.78 is 42.6. The zero-order valence-electron chi connectivity index (χ0n) is 49.3. The number of nitrogens with zero attached hydrogens (tertiary/aromatic N) is 4. The van der Waals surface area contributed by atoms with Crippen LogP contribution in [0.4, 0.5) is 0 Å². The Morgan fingerprint density at radius 1 is 0.561 bits per heavy atom. The van der Waals surface area contributed by atoms with Crippen molar-refractivity contribution in [3.05, 3.63) is 66.2 Å². The van der Waals surface area contributed by atoms with Crippen molar-refractivity contribution in [1.82, 2.24) is 28.9 Å². The molecule has 0 bridgehead atoms. The number of aliphatic hydroxyl groups excluding tert-OH is 2. The molecule has 4 aliphatic rings. The molecule has 0 radical (unpaired) electrons. The van der Waals surface area contributed by atoms with E-state index >= 15 is 0 Å². The van der Waals surface area contributed by atoms with Gasteiger partial charge in [-0.25, -0.2) is 19.4 Å². The summed E-state index contributed by atoms with van der Waals surface area (Å²) in [5, 5.41) is 43.8. The first-order valence-corrected chi connectivity index (χ1v) is 32.6. The summed E-state index contributed by atoms with van der Waals surface area (Å²) in [6.07, 6.45) is 22.0. The number of nitrogens with one attached hydrogen (secondary N) is 2. The van der Waals surface area contributed by atoms with Crippen molar-refractivity contribution >= 4 is 8.25 Å². The molecule has 0 aromatic carbocycles. The average Bonchev–Trinajstić information content (AvgIpc) is 4.31. The smallest absolute Gasteiger partial charge is 0.330 e. The number of hydrogen-bond donors (Lipinski definition) is 8. The molecule has 4 saturated heterocycles. The van der Waals surface area contributed by atoms with Gasteiger partial charge in [-0.3, -0.25) is 53.6 Å². The Labute approximate surface area is 484 Å². The fourth-order valence-electron chi connectivity index (χ4n) is 13.1. The van der Waals surface area contributed by atoms with Crippen LogP contribution in [0, 0.1) is 0 Å².